The number of amides is 1. The van der Waals surface area contributed by atoms with Gasteiger partial charge in [-0.2, -0.15) is 5.10 Å². The van der Waals surface area contributed by atoms with E-state index in [1.54, 1.807) is 21.1 Å². The SMILES string of the molecule is CN=C(NCc1ccn(-c2ccc(OC)cc2)n1)NC1CCN(C(C)=O)CC1. The van der Waals surface area contributed by atoms with Gasteiger partial charge in [0.25, 0.3) is 0 Å². The van der Waals surface area contributed by atoms with E-state index in [4.69, 9.17) is 4.74 Å². The van der Waals surface area contributed by atoms with Crippen LogP contribution >= 0.6 is 0 Å². The molecule has 0 bridgehead atoms. The molecule has 0 spiro atoms. The number of carbonyl (C=O) groups is 1. The third kappa shape index (κ3) is 5.03. The molecule has 1 aromatic carbocycles. The molecule has 28 heavy (non-hydrogen) atoms. The fourth-order valence-electron chi connectivity index (χ4n) is 3.24. The Hall–Kier alpha value is -3.03. The molecule has 2 N–H and O–H groups in total. The molecule has 1 aromatic heterocycles. The minimum Gasteiger partial charge on any atom is -0.497 e. The molecule has 0 saturated carbocycles. The summed E-state index contributed by atoms with van der Waals surface area (Å²) >= 11 is 0. The second kappa shape index (κ2) is 9.25. The largest absolute Gasteiger partial charge is 0.497 e. The molecule has 3 rings (SSSR count). The summed E-state index contributed by atoms with van der Waals surface area (Å²) in [5.74, 6) is 1.72. The van der Waals surface area contributed by atoms with Gasteiger partial charge in [0.15, 0.2) is 5.96 Å². The van der Waals surface area contributed by atoms with E-state index in [1.165, 1.54) is 0 Å². The average Bonchev–Trinajstić information content (AvgIpc) is 3.20. The summed E-state index contributed by atoms with van der Waals surface area (Å²) in [6, 6.07) is 10.1. The monoisotopic (exact) mass is 384 g/mol. The lowest BCUT2D eigenvalue weighted by Gasteiger charge is -2.32. The second-order valence-corrected chi connectivity index (χ2v) is 6.80. The van der Waals surface area contributed by atoms with Gasteiger partial charge in [-0.05, 0) is 43.2 Å². The highest BCUT2D eigenvalue weighted by Gasteiger charge is 2.21. The molecule has 2 aromatic rings. The second-order valence-electron chi connectivity index (χ2n) is 6.80. The molecule has 1 aliphatic heterocycles. The van der Waals surface area contributed by atoms with Gasteiger partial charge in [0.1, 0.15) is 5.75 Å². The molecule has 0 aliphatic carbocycles. The van der Waals surface area contributed by atoms with Crippen LogP contribution in [-0.4, -0.2) is 59.8 Å². The topological polar surface area (TPSA) is 83.8 Å². The van der Waals surface area contributed by atoms with E-state index in [-0.39, 0.29) is 5.91 Å². The molecule has 150 valence electrons. The van der Waals surface area contributed by atoms with E-state index < -0.39 is 0 Å². The summed E-state index contributed by atoms with van der Waals surface area (Å²) in [6.07, 6.45) is 3.78. The number of nitrogens with one attached hydrogen (secondary N) is 2. The number of aliphatic imine (C=N–C) groups is 1. The fourth-order valence-corrected chi connectivity index (χ4v) is 3.24. The van der Waals surface area contributed by atoms with Gasteiger partial charge in [0.05, 0.1) is 25.0 Å². The molecule has 0 atom stereocenters. The lowest BCUT2D eigenvalue weighted by atomic mass is 10.1. The molecule has 1 saturated heterocycles. The number of hydrogen-bond donors (Lipinski definition) is 2. The van der Waals surface area contributed by atoms with E-state index in [1.807, 2.05) is 46.1 Å². The van der Waals surface area contributed by atoms with Crippen molar-refractivity contribution >= 4 is 11.9 Å². The molecular weight excluding hydrogens is 356 g/mol. The number of piperidine rings is 1. The number of aromatic nitrogens is 2. The standard InChI is InChI=1S/C20H28N6O2/c1-15(27)25-11-8-16(9-12-25)23-20(21-2)22-14-17-10-13-26(24-17)18-4-6-19(28-3)7-5-18/h4-7,10,13,16H,8-9,11-12,14H2,1-3H3,(H2,21,22,23). The summed E-state index contributed by atoms with van der Waals surface area (Å²) in [5.41, 5.74) is 1.90. The first-order valence-corrected chi connectivity index (χ1v) is 9.50. The Bertz CT molecular complexity index is 806. The first kappa shape index (κ1) is 19.7. The number of benzene rings is 1. The summed E-state index contributed by atoms with van der Waals surface area (Å²) in [6.45, 7) is 3.78. The summed E-state index contributed by atoms with van der Waals surface area (Å²) < 4.78 is 7.03. The van der Waals surface area contributed by atoms with Crippen molar-refractivity contribution in [2.75, 3.05) is 27.2 Å². The van der Waals surface area contributed by atoms with Crippen LogP contribution in [0.4, 0.5) is 0 Å². The molecule has 1 aliphatic rings. The van der Waals surface area contributed by atoms with Crippen LogP contribution in [0.15, 0.2) is 41.5 Å². The maximum absolute atomic E-state index is 11.4. The van der Waals surface area contributed by atoms with Crippen molar-refractivity contribution in [3.8, 4) is 11.4 Å². The first-order valence-electron chi connectivity index (χ1n) is 9.50. The smallest absolute Gasteiger partial charge is 0.219 e. The highest BCUT2D eigenvalue weighted by Crippen LogP contribution is 2.14. The Labute approximate surface area is 165 Å². The molecule has 2 heterocycles. The Morgan fingerprint density at radius 1 is 1.25 bits per heavy atom. The number of likely N-dealkylation sites (tertiary alicyclic amines) is 1. The van der Waals surface area contributed by atoms with Gasteiger partial charge in [0, 0.05) is 39.3 Å². The van der Waals surface area contributed by atoms with Crippen LogP contribution in [0.5, 0.6) is 5.75 Å². The lowest BCUT2D eigenvalue weighted by Crippen LogP contribution is -2.49. The predicted molar refractivity (Wildman–Crippen MR) is 109 cm³/mol. The van der Waals surface area contributed by atoms with Crippen molar-refractivity contribution in [2.45, 2.75) is 32.4 Å². The molecule has 8 heteroatoms. The van der Waals surface area contributed by atoms with E-state index in [0.717, 1.165) is 49.0 Å². The van der Waals surface area contributed by atoms with Gasteiger partial charge < -0.3 is 20.3 Å². The fraction of sp³-hybridized carbons (Fsp3) is 0.450. The van der Waals surface area contributed by atoms with Crippen molar-refractivity contribution in [3.05, 3.63) is 42.2 Å². The zero-order valence-electron chi connectivity index (χ0n) is 16.7. The van der Waals surface area contributed by atoms with E-state index in [0.29, 0.717) is 12.6 Å². The van der Waals surface area contributed by atoms with E-state index >= 15 is 0 Å². The molecule has 1 fully saturated rings. The van der Waals surface area contributed by atoms with Gasteiger partial charge in [-0.15, -0.1) is 0 Å². The number of hydrogen-bond acceptors (Lipinski definition) is 4. The summed E-state index contributed by atoms with van der Waals surface area (Å²) in [4.78, 5) is 17.6. The van der Waals surface area contributed by atoms with Gasteiger partial charge in [-0.1, -0.05) is 0 Å². The molecule has 1 amide bonds. The highest BCUT2D eigenvalue weighted by atomic mass is 16.5. The van der Waals surface area contributed by atoms with E-state index in [2.05, 4.69) is 20.7 Å². The number of guanidine groups is 1. The number of rotatable bonds is 5. The van der Waals surface area contributed by atoms with Crippen molar-refractivity contribution in [3.63, 3.8) is 0 Å². The van der Waals surface area contributed by atoms with Gasteiger partial charge in [-0.3, -0.25) is 9.79 Å². The molecule has 8 nitrogen and oxygen atoms in total. The van der Waals surface area contributed by atoms with Crippen LogP contribution < -0.4 is 15.4 Å². The van der Waals surface area contributed by atoms with Gasteiger partial charge in [-0.25, -0.2) is 4.68 Å². The van der Waals surface area contributed by atoms with Crippen molar-refractivity contribution < 1.29 is 9.53 Å². The zero-order valence-corrected chi connectivity index (χ0v) is 16.7. The third-order valence-electron chi connectivity index (χ3n) is 4.92. The normalized spacial score (nSPS) is 15.4. The van der Waals surface area contributed by atoms with Crippen LogP contribution in [-0.2, 0) is 11.3 Å². The Morgan fingerprint density at radius 2 is 1.96 bits per heavy atom. The van der Waals surface area contributed by atoms with Crippen LogP contribution in [0.1, 0.15) is 25.5 Å². The number of nitrogens with zero attached hydrogens (tertiary/aromatic N) is 4. The van der Waals surface area contributed by atoms with Crippen LogP contribution in [0, 0.1) is 0 Å². The first-order chi connectivity index (χ1) is 13.6. The third-order valence-corrected chi connectivity index (χ3v) is 4.92. The minimum atomic E-state index is 0.147. The summed E-state index contributed by atoms with van der Waals surface area (Å²) in [7, 11) is 3.41. The maximum atomic E-state index is 11.4. The average molecular weight is 384 g/mol. The molecular formula is C20H28N6O2. The van der Waals surface area contributed by atoms with Gasteiger partial charge in [0.2, 0.25) is 5.91 Å². The predicted octanol–water partition coefficient (Wildman–Crippen LogP) is 1.56. The van der Waals surface area contributed by atoms with E-state index in [9.17, 15) is 4.79 Å². The Kier molecular flexibility index (Phi) is 6.52. The van der Waals surface area contributed by atoms with Crippen molar-refractivity contribution in [2.24, 2.45) is 4.99 Å². The molecule has 0 radical (unpaired) electrons. The lowest BCUT2D eigenvalue weighted by molar-refractivity contribution is -0.129. The maximum Gasteiger partial charge on any atom is 0.219 e. The van der Waals surface area contributed by atoms with Crippen molar-refractivity contribution in [1.82, 2.24) is 25.3 Å². The van der Waals surface area contributed by atoms with Crippen LogP contribution in [0.3, 0.4) is 0 Å². The number of methoxy groups -OCH3 is 1. The van der Waals surface area contributed by atoms with Gasteiger partial charge >= 0.3 is 0 Å². The number of carbonyl (C=O) groups excluding carboxylic acids is 1. The van der Waals surface area contributed by atoms with Crippen LogP contribution in [0.2, 0.25) is 0 Å². The Balaban J connectivity index is 1.50. The minimum absolute atomic E-state index is 0.147. The quantitative estimate of drug-likeness (QED) is 0.604. The molecule has 0 unspecified atom stereocenters. The number of ether oxygens (including phenoxy) is 1. The van der Waals surface area contributed by atoms with Crippen molar-refractivity contribution in [1.29, 1.82) is 0 Å². The zero-order chi connectivity index (χ0) is 19.9. The summed E-state index contributed by atoms with van der Waals surface area (Å²) in [5, 5.41) is 11.4. The van der Waals surface area contributed by atoms with Crippen LogP contribution in [0.25, 0.3) is 5.69 Å². The highest BCUT2D eigenvalue weighted by molar-refractivity contribution is 5.80. The Morgan fingerprint density at radius 3 is 2.57 bits per heavy atom.